The number of ether oxygens (including phenoxy) is 4. The Morgan fingerprint density at radius 3 is 2.07 bits per heavy atom. The second kappa shape index (κ2) is 18.3. The van der Waals surface area contributed by atoms with Gasteiger partial charge in [-0.05, 0) is 86.8 Å². The topological polar surface area (TPSA) is 128 Å². The number of likely N-dealkylation sites (tertiary alicyclic amines) is 1. The summed E-state index contributed by atoms with van der Waals surface area (Å²) in [7, 11) is 1.64. The molecule has 3 atom stereocenters. The van der Waals surface area contributed by atoms with Crippen molar-refractivity contribution in [3.8, 4) is 22.9 Å². The average molecular weight is 946 g/mol. The van der Waals surface area contributed by atoms with Gasteiger partial charge < -0.3 is 33.9 Å². The van der Waals surface area contributed by atoms with E-state index in [1.165, 1.54) is 6.07 Å². The number of phenolic OH excluding ortho intramolecular Hbond substituents is 1. The van der Waals surface area contributed by atoms with E-state index < -0.39 is 23.1 Å². The first-order valence-corrected chi connectivity index (χ1v) is 24.6. The Bertz CT molecular complexity index is 2950. The van der Waals surface area contributed by atoms with Crippen LogP contribution in [0.2, 0.25) is 0 Å². The van der Waals surface area contributed by atoms with Crippen LogP contribution in [-0.4, -0.2) is 124 Å². The molecule has 3 aliphatic heterocycles. The number of hydrogen-bond donors (Lipinski definition) is 1. The number of aromatic hydroxyl groups is 1. The molecular weight excluding hydrogens is 886 g/mol. The number of amides is 1. The lowest BCUT2D eigenvalue weighted by Gasteiger charge is -2.36. The van der Waals surface area contributed by atoms with E-state index in [1.54, 1.807) is 14.0 Å². The van der Waals surface area contributed by atoms with Gasteiger partial charge >= 0.3 is 12.1 Å². The van der Waals surface area contributed by atoms with E-state index in [9.17, 15) is 9.90 Å². The molecule has 1 aliphatic carbocycles. The first kappa shape index (κ1) is 45.8. The first-order chi connectivity index (χ1) is 33.9. The van der Waals surface area contributed by atoms with E-state index in [-0.39, 0.29) is 42.5 Å². The minimum atomic E-state index is -0.961. The lowest BCUT2D eigenvalue weighted by Crippen LogP contribution is -2.50. The van der Waals surface area contributed by atoms with E-state index >= 15 is 4.39 Å². The van der Waals surface area contributed by atoms with Crippen LogP contribution >= 0.6 is 0 Å². The Hall–Kier alpha value is -6.61. The van der Waals surface area contributed by atoms with Gasteiger partial charge in [-0.25, -0.2) is 9.18 Å². The fourth-order valence-corrected chi connectivity index (χ4v) is 11.2. The number of halogens is 1. The van der Waals surface area contributed by atoms with Crippen LogP contribution in [0.3, 0.4) is 0 Å². The van der Waals surface area contributed by atoms with Crippen molar-refractivity contribution < 1.29 is 33.2 Å². The maximum Gasteiger partial charge on any atom is 0.410 e. The van der Waals surface area contributed by atoms with Crippen LogP contribution in [0.25, 0.3) is 32.9 Å². The van der Waals surface area contributed by atoms with Crippen LogP contribution in [0, 0.1) is 12.7 Å². The number of piperazine rings is 1. The molecule has 2 bridgehead atoms. The molecular formula is C56H60FN7O6. The lowest BCUT2D eigenvalue weighted by atomic mass is 9.77. The van der Waals surface area contributed by atoms with Crippen molar-refractivity contribution >= 4 is 33.7 Å². The zero-order valence-corrected chi connectivity index (χ0v) is 40.5. The summed E-state index contributed by atoms with van der Waals surface area (Å²) in [5.74, 6) is 0.220. The van der Waals surface area contributed by atoms with Crippen molar-refractivity contribution in [1.29, 1.82) is 0 Å². The van der Waals surface area contributed by atoms with Crippen LogP contribution in [-0.2, 0) is 19.7 Å². The second-order valence-corrected chi connectivity index (χ2v) is 20.3. The predicted molar refractivity (Wildman–Crippen MR) is 267 cm³/mol. The number of aromatic nitrogens is 4. The number of fused-ring (bicyclic) bond motifs is 4. The highest BCUT2D eigenvalue weighted by Gasteiger charge is 2.48. The monoisotopic (exact) mass is 945 g/mol. The number of hydrogen-bond acceptors (Lipinski definition) is 11. The summed E-state index contributed by atoms with van der Waals surface area (Å²) >= 11 is 0. The minimum Gasteiger partial charge on any atom is -0.505 e. The maximum atomic E-state index is 16.8. The molecule has 1 amide bonds. The van der Waals surface area contributed by atoms with Crippen LogP contribution in [0.4, 0.5) is 15.0 Å². The van der Waals surface area contributed by atoms with Crippen LogP contribution in [0.15, 0.2) is 109 Å². The molecule has 362 valence electrons. The maximum absolute atomic E-state index is 16.8. The molecule has 0 radical (unpaired) electrons. The number of benzene rings is 5. The summed E-state index contributed by atoms with van der Waals surface area (Å²) in [5.41, 5.74) is 4.48. The first-order valence-electron chi connectivity index (χ1n) is 24.6. The highest BCUT2D eigenvalue weighted by atomic mass is 19.1. The molecule has 70 heavy (non-hydrogen) atoms. The molecule has 4 fully saturated rings. The molecule has 11 rings (SSSR count). The molecule has 2 aromatic heterocycles. The number of carbonyl (C=O) groups is 1. The number of methoxy groups -OCH3 is 1. The van der Waals surface area contributed by atoms with Crippen LogP contribution in [0.5, 0.6) is 11.8 Å². The molecule has 4 aliphatic rings. The molecule has 0 unspecified atom stereocenters. The van der Waals surface area contributed by atoms with E-state index in [0.29, 0.717) is 77.2 Å². The molecule has 1 saturated carbocycles. The predicted octanol–water partition coefficient (Wildman–Crippen LogP) is 9.44. The number of morpholine rings is 1. The van der Waals surface area contributed by atoms with E-state index in [4.69, 9.17) is 34.0 Å². The smallest absolute Gasteiger partial charge is 0.410 e. The average Bonchev–Trinajstić information content (AvgIpc) is 3.80. The third-order valence-corrected chi connectivity index (χ3v) is 14.5. The van der Waals surface area contributed by atoms with Crippen molar-refractivity contribution in [3.05, 3.63) is 143 Å². The summed E-state index contributed by atoms with van der Waals surface area (Å²) < 4.78 is 42.6. The van der Waals surface area contributed by atoms with Gasteiger partial charge in [0.1, 0.15) is 40.1 Å². The third kappa shape index (κ3) is 8.28. The Morgan fingerprint density at radius 1 is 0.857 bits per heavy atom. The number of phenols is 1. The standard InChI is InChI=1S/C56H60FN7O6/c1-35-46(57)29-47-45(33-64(60-47)56(37-15-9-6-10-16-37,38-17-11-7-12-18-38)39-19-13-8-14-20-39)48(35)49-43(36-21-22-36)28-44-50(51(49)65)58-53(69-42(34-67-5)32-61-23-25-68-26-24-61)59-52(44)62-30-41-27-40(62)31-63(41)54(66)70-55(2,3)4/h6-20,28-29,33,36,40-42,65H,21-27,30-32,34H2,1-5H3/t40-,41-,42-/m0/s1. The quantitative estimate of drug-likeness (QED) is 0.111. The third-order valence-electron chi connectivity index (χ3n) is 14.5. The largest absolute Gasteiger partial charge is 0.505 e. The van der Waals surface area contributed by atoms with Gasteiger partial charge in [-0.1, -0.05) is 91.0 Å². The fraction of sp³-hybridized carbons (Fsp3) is 0.393. The Labute approximate surface area is 407 Å². The molecule has 0 spiro atoms. The van der Waals surface area contributed by atoms with Crippen molar-refractivity contribution in [2.45, 2.75) is 82.2 Å². The Morgan fingerprint density at radius 2 is 1.50 bits per heavy atom. The van der Waals surface area contributed by atoms with Crippen molar-refractivity contribution in [2.24, 2.45) is 0 Å². The summed E-state index contributed by atoms with van der Waals surface area (Å²) in [5, 5.41) is 19.8. The van der Waals surface area contributed by atoms with Gasteiger partial charge in [-0.3, -0.25) is 9.58 Å². The highest BCUT2D eigenvalue weighted by molar-refractivity contribution is 6.06. The van der Waals surface area contributed by atoms with Gasteiger partial charge in [-0.2, -0.15) is 15.1 Å². The zero-order chi connectivity index (χ0) is 48.3. The minimum absolute atomic E-state index is 0.0622. The molecule has 7 aromatic rings. The molecule has 5 heterocycles. The van der Waals surface area contributed by atoms with Gasteiger partial charge in [0.15, 0.2) is 0 Å². The second-order valence-electron chi connectivity index (χ2n) is 20.3. The van der Waals surface area contributed by atoms with Gasteiger partial charge in [0.25, 0.3) is 0 Å². The number of nitrogens with zero attached hydrogens (tertiary/aromatic N) is 7. The van der Waals surface area contributed by atoms with Gasteiger partial charge in [0.2, 0.25) is 0 Å². The number of anilines is 1. The van der Waals surface area contributed by atoms with Crippen molar-refractivity contribution in [1.82, 2.24) is 29.5 Å². The van der Waals surface area contributed by atoms with Crippen LogP contribution in [0.1, 0.15) is 73.8 Å². The summed E-state index contributed by atoms with van der Waals surface area (Å²) in [6.45, 7) is 12.0. The Kier molecular flexibility index (Phi) is 12.0. The van der Waals surface area contributed by atoms with E-state index in [0.717, 1.165) is 54.6 Å². The number of carbonyl (C=O) groups excluding carboxylic acids is 1. The van der Waals surface area contributed by atoms with Crippen molar-refractivity contribution in [2.75, 3.05) is 64.6 Å². The summed E-state index contributed by atoms with van der Waals surface area (Å²) in [6.07, 6.45) is 3.81. The number of rotatable bonds is 13. The molecule has 13 nitrogen and oxygen atoms in total. The van der Waals surface area contributed by atoms with Gasteiger partial charge in [0.05, 0.1) is 37.4 Å². The Balaban J connectivity index is 1.10. The SMILES string of the molecule is COC[C@H](CN1CCOCC1)Oc1nc(N2C[C@@H]3C[C@H]2CN3C(=O)OC(C)(C)C)c2cc(C3CC3)c(-c3c(C)c(F)cc4nn(C(c5ccccc5)(c5ccccc5)c5ccccc5)cc34)c(O)c2n1. The summed E-state index contributed by atoms with van der Waals surface area (Å²) in [6, 6.07) is 34.4. The van der Waals surface area contributed by atoms with Crippen molar-refractivity contribution in [3.63, 3.8) is 0 Å². The van der Waals surface area contributed by atoms with Crippen LogP contribution < -0.4 is 9.64 Å². The van der Waals surface area contributed by atoms with E-state index in [1.807, 2.05) is 91.1 Å². The molecule has 3 saturated heterocycles. The lowest BCUT2D eigenvalue weighted by molar-refractivity contribution is 0.000204. The highest BCUT2D eigenvalue weighted by Crippen LogP contribution is 2.54. The van der Waals surface area contributed by atoms with Gasteiger partial charge in [-0.15, -0.1) is 0 Å². The normalized spacial score (nSPS) is 19.1. The molecule has 14 heteroatoms. The zero-order valence-electron chi connectivity index (χ0n) is 40.5. The summed E-state index contributed by atoms with van der Waals surface area (Å²) in [4.78, 5) is 30.0. The molecule has 5 aromatic carbocycles. The van der Waals surface area contributed by atoms with E-state index in [2.05, 4.69) is 52.3 Å². The molecule has 1 N–H and O–H groups in total. The fourth-order valence-electron chi connectivity index (χ4n) is 11.2. The van der Waals surface area contributed by atoms with Gasteiger partial charge in [0, 0.05) is 74.0 Å².